The predicted molar refractivity (Wildman–Crippen MR) is 73.7 cm³/mol. The zero-order valence-electron chi connectivity index (χ0n) is 10.8. The first kappa shape index (κ1) is 16.1. The molecule has 0 bridgehead atoms. The van der Waals surface area contributed by atoms with Crippen molar-refractivity contribution in [3.05, 3.63) is 22.7 Å². The molecule has 0 aliphatic heterocycles. The summed E-state index contributed by atoms with van der Waals surface area (Å²) in [6.45, 7) is 0.0755. The van der Waals surface area contributed by atoms with Crippen LogP contribution in [0, 0.1) is 0 Å². The first-order valence-electron chi connectivity index (χ1n) is 5.65. The fraction of sp³-hybridized carbons (Fsp3) is 0.500. The van der Waals surface area contributed by atoms with Gasteiger partial charge in [-0.1, -0.05) is 11.6 Å². The minimum atomic E-state index is -2.99. The van der Waals surface area contributed by atoms with Crippen molar-refractivity contribution in [1.82, 2.24) is 0 Å². The molecule has 0 aliphatic rings. The summed E-state index contributed by atoms with van der Waals surface area (Å²) in [5, 5.41) is 9.38. The van der Waals surface area contributed by atoms with E-state index in [0.717, 1.165) is 0 Å². The monoisotopic (exact) mass is 308 g/mol. The van der Waals surface area contributed by atoms with Crippen molar-refractivity contribution in [2.24, 2.45) is 0 Å². The summed E-state index contributed by atoms with van der Waals surface area (Å²) in [4.78, 5) is 0. The molecule has 0 saturated carbocycles. The van der Waals surface area contributed by atoms with E-state index in [-0.39, 0.29) is 19.0 Å². The highest BCUT2D eigenvalue weighted by molar-refractivity contribution is 7.90. The maximum Gasteiger partial charge on any atom is 0.179 e. The normalized spacial score (nSPS) is 11.4. The molecule has 7 heteroatoms. The average Bonchev–Trinajstić information content (AvgIpc) is 2.34. The second-order valence-electron chi connectivity index (χ2n) is 4.10. The van der Waals surface area contributed by atoms with Gasteiger partial charge < -0.3 is 14.6 Å². The average molecular weight is 309 g/mol. The van der Waals surface area contributed by atoms with Crippen LogP contribution >= 0.6 is 11.6 Å². The van der Waals surface area contributed by atoms with Gasteiger partial charge in [0.1, 0.15) is 9.84 Å². The summed E-state index contributed by atoms with van der Waals surface area (Å²) in [5.74, 6) is 0.826. The smallest absolute Gasteiger partial charge is 0.179 e. The largest absolute Gasteiger partial charge is 0.493 e. The number of halogens is 1. The van der Waals surface area contributed by atoms with Gasteiger partial charge in [-0.3, -0.25) is 0 Å². The zero-order chi connectivity index (χ0) is 14.5. The first-order chi connectivity index (χ1) is 8.87. The molecule has 0 amide bonds. The van der Waals surface area contributed by atoms with Gasteiger partial charge >= 0.3 is 0 Å². The third kappa shape index (κ3) is 5.26. The molecular formula is C12H17ClO5S. The molecule has 0 aliphatic carbocycles. The molecule has 108 valence electrons. The van der Waals surface area contributed by atoms with Crippen molar-refractivity contribution in [3.63, 3.8) is 0 Å². The number of methoxy groups -OCH3 is 1. The molecule has 1 aromatic rings. The van der Waals surface area contributed by atoms with Crippen molar-refractivity contribution < 1.29 is 23.0 Å². The van der Waals surface area contributed by atoms with E-state index < -0.39 is 9.84 Å². The molecule has 0 saturated heterocycles. The molecule has 0 aromatic heterocycles. The van der Waals surface area contributed by atoms with Crippen molar-refractivity contribution in [2.75, 3.05) is 25.7 Å². The Labute approximate surface area is 118 Å². The number of aliphatic hydroxyl groups is 1. The quantitative estimate of drug-likeness (QED) is 0.775. The number of hydrogen-bond donors (Lipinski definition) is 1. The number of ether oxygens (including phenoxy) is 2. The number of aliphatic hydroxyl groups excluding tert-OH is 1. The highest BCUT2D eigenvalue weighted by Gasteiger charge is 2.12. The van der Waals surface area contributed by atoms with Gasteiger partial charge in [0, 0.05) is 6.26 Å². The molecule has 0 atom stereocenters. The van der Waals surface area contributed by atoms with Crippen LogP contribution in [-0.2, 0) is 16.4 Å². The Hall–Kier alpha value is -0.980. The van der Waals surface area contributed by atoms with Gasteiger partial charge in [-0.05, 0) is 24.1 Å². The first-order valence-corrected chi connectivity index (χ1v) is 8.09. The molecule has 19 heavy (non-hydrogen) atoms. The third-order valence-electron chi connectivity index (χ3n) is 2.38. The SMILES string of the molecule is COc1cc(CO)cc(Cl)c1OCCCS(C)(=O)=O. The van der Waals surface area contributed by atoms with Crippen molar-refractivity contribution in [3.8, 4) is 11.5 Å². The van der Waals surface area contributed by atoms with Gasteiger partial charge in [0.2, 0.25) is 0 Å². The van der Waals surface area contributed by atoms with Crippen LogP contribution in [0.4, 0.5) is 0 Å². The van der Waals surface area contributed by atoms with Crippen LogP contribution in [0.2, 0.25) is 5.02 Å². The maximum atomic E-state index is 11.0. The van der Waals surface area contributed by atoms with Crippen LogP contribution in [0.15, 0.2) is 12.1 Å². The molecule has 0 fully saturated rings. The molecule has 1 N–H and O–H groups in total. The summed E-state index contributed by atoms with van der Waals surface area (Å²) in [6, 6.07) is 3.20. The summed E-state index contributed by atoms with van der Waals surface area (Å²) >= 11 is 6.03. The summed E-state index contributed by atoms with van der Waals surface area (Å²) in [6.07, 6.45) is 1.55. The number of sulfone groups is 1. The van der Waals surface area contributed by atoms with Crippen LogP contribution in [0.3, 0.4) is 0 Å². The Balaban J connectivity index is 2.72. The highest BCUT2D eigenvalue weighted by Crippen LogP contribution is 2.36. The molecule has 0 radical (unpaired) electrons. The Morgan fingerprint density at radius 3 is 2.58 bits per heavy atom. The summed E-state index contributed by atoms with van der Waals surface area (Å²) < 4.78 is 32.5. The van der Waals surface area contributed by atoms with Crippen molar-refractivity contribution >= 4 is 21.4 Å². The van der Waals surface area contributed by atoms with E-state index in [1.54, 1.807) is 12.1 Å². The van der Waals surface area contributed by atoms with Gasteiger partial charge in [-0.15, -0.1) is 0 Å². The fourth-order valence-corrected chi connectivity index (χ4v) is 2.43. The van der Waals surface area contributed by atoms with Crippen LogP contribution < -0.4 is 9.47 Å². The lowest BCUT2D eigenvalue weighted by atomic mass is 10.2. The fourth-order valence-electron chi connectivity index (χ4n) is 1.50. The standard InChI is InChI=1S/C12H17ClO5S/c1-17-11-7-9(8-14)6-10(13)12(11)18-4-3-5-19(2,15)16/h6-7,14H,3-5,8H2,1-2H3. The van der Waals surface area contributed by atoms with Crippen LogP contribution in [0.25, 0.3) is 0 Å². The molecule has 0 heterocycles. The van der Waals surface area contributed by atoms with Crippen LogP contribution in [0.1, 0.15) is 12.0 Å². The molecule has 0 spiro atoms. The summed E-state index contributed by atoms with van der Waals surface area (Å²) in [7, 11) is -1.52. The second-order valence-corrected chi connectivity index (χ2v) is 6.77. The Morgan fingerprint density at radius 1 is 1.37 bits per heavy atom. The Morgan fingerprint density at radius 2 is 2.05 bits per heavy atom. The number of hydrogen-bond acceptors (Lipinski definition) is 5. The van der Waals surface area contributed by atoms with E-state index >= 15 is 0 Å². The van der Waals surface area contributed by atoms with E-state index in [0.29, 0.717) is 28.5 Å². The lowest BCUT2D eigenvalue weighted by Crippen LogP contribution is -2.08. The van der Waals surface area contributed by atoms with Gasteiger partial charge in [-0.2, -0.15) is 0 Å². The van der Waals surface area contributed by atoms with Crippen molar-refractivity contribution in [2.45, 2.75) is 13.0 Å². The van der Waals surface area contributed by atoms with E-state index in [2.05, 4.69) is 0 Å². The predicted octanol–water partition coefficient (Wildman–Crippen LogP) is 1.65. The molecule has 5 nitrogen and oxygen atoms in total. The maximum absolute atomic E-state index is 11.0. The lowest BCUT2D eigenvalue weighted by molar-refractivity contribution is 0.277. The molecule has 1 aromatic carbocycles. The van der Waals surface area contributed by atoms with Crippen LogP contribution in [0.5, 0.6) is 11.5 Å². The van der Waals surface area contributed by atoms with E-state index in [1.807, 2.05) is 0 Å². The minimum Gasteiger partial charge on any atom is -0.493 e. The van der Waals surface area contributed by atoms with Crippen LogP contribution in [-0.4, -0.2) is 39.2 Å². The topological polar surface area (TPSA) is 72.8 Å². The third-order valence-corrected chi connectivity index (χ3v) is 3.69. The van der Waals surface area contributed by atoms with Gasteiger partial charge in [0.15, 0.2) is 11.5 Å². The Kier molecular flexibility index (Phi) is 5.90. The highest BCUT2D eigenvalue weighted by atomic mass is 35.5. The molecular weight excluding hydrogens is 292 g/mol. The minimum absolute atomic E-state index is 0.0572. The van der Waals surface area contributed by atoms with E-state index in [1.165, 1.54) is 13.4 Å². The number of rotatable bonds is 7. The molecule has 0 unspecified atom stereocenters. The molecule has 1 rings (SSSR count). The van der Waals surface area contributed by atoms with Gasteiger partial charge in [0.05, 0.1) is 31.1 Å². The van der Waals surface area contributed by atoms with E-state index in [4.69, 9.17) is 26.2 Å². The summed E-state index contributed by atoms with van der Waals surface area (Å²) in [5.41, 5.74) is 0.616. The van der Waals surface area contributed by atoms with Crippen molar-refractivity contribution in [1.29, 1.82) is 0 Å². The van der Waals surface area contributed by atoms with Gasteiger partial charge in [-0.25, -0.2) is 8.42 Å². The number of benzene rings is 1. The zero-order valence-corrected chi connectivity index (χ0v) is 12.4. The Bertz CT molecular complexity index is 527. The lowest BCUT2D eigenvalue weighted by Gasteiger charge is -2.13. The van der Waals surface area contributed by atoms with E-state index in [9.17, 15) is 8.42 Å². The van der Waals surface area contributed by atoms with Gasteiger partial charge in [0.25, 0.3) is 0 Å². The second kappa shape index (κ2) is 6.98.